The van der Waals surface area contributed by atoms with Crippen LogP contribution >= 0.6 is 11.6 Å². The van der Waals surface area contributed by atoms with E-state index in [1.165, 1.54) is 32.1 Å². The third kappa shape index (κ3) is 1.59. The molecule has 0 bridgehead atoms. The van der Waals surface area contributed by atoms with E-state index in [1.807, 2.05) is 18.3 Å². The molecule has 4 aliphatic rings. The minimum absolute atomic E-state index is 0.534. The van der Waals surface area contributed by atoms with Crippen LogP contribution in [0.25, 0.3) is 10.9 Å². The normalized spacial score (nSPS) is 39.2. The Kier molecular flexibility index (Phi) is 2.55. The van der Waals surface area contributed by atoms with Gasteiger partial charge in [-0.05, 0) is 50.2 Å². The molecular formula is C19H21ClN4. The number of nitrogens with zero attached hydrogens (tertiary/aromatic N) is 4. The Labute approximate surface area is 146 Å². The van der Waals surface area contributed by atoms with E-state index in [1.54, 1.807) is 0 Å². The van der Waals surface area contributed by atoms with Crippen LogP contribution in [-0.4, -0.2) is 45.6 Å². The lowest BCUT2D eigenvalue weighted by Crippen LogP contribution is -2.63. The average Bonchev–Trinajstić information content (AvgIpc) is 3.08. The van der Waals surface area contributed by atoms with Gasteiger partial charge in [0.05, 0.1) is 5.52 Å². The first kappa shape index (κ1) is 13.9. The Balaban J connectivity index is 1.37. The summed E-state index contributed by atoms with van der Waals surface area (Å²) < 4.78 is 0. The highest BCUT2D eigenvalue weighted by Gasteiger charge is 2.76. The quantitative estimate of drug-likeness (QED) is 0.783. The molecule has 5 atom stereocenters. The van der Waals surface area contributed by atoms with Gasteiger partial charge in [-0.1, -0.05) is 11.6 Å². The molecule has 24 heavy (non-hydrogen) atoms. The fourth-order valence-electron chi connectivity index (χ4n) is 6.15. The molecule has 2 aromatic heterocycles. The summed E-state index contributed by atoms with van der Waals surface area (Å²) in [7, 11) is 2.19. The van der Waals surface area contributed by atoms with E-state index in [9.17, 15) is 0 Å². The van der Waals surface area contributed by atoms with E-state index in [4.69, 9.17) is 11.6 Å². The number of anilines is 1. The van der Waals surface area contributed by atoms with E-state index in [-0.39, 0.29) is 0 Å². The van der Waals surface area contributed by atoms with E-state index < -0.39 is 0 Å². The molecule has 5 heteroatoms. The Bertz CT molecular complexity index is 846. The van der Waals surface area contributed by atoms with Gasteiger partial charge in [-0.3, -0.25) is 9.88 Å². The van der Waals surface area contributed by atoms with Gasteiger partial charge in [0.2, 0.25) is 0 Å². The third-order valence-electron chi connectivity index (χ3n) is 7.23. The lowest BCUT2D eigenvalue weighted by molar-refractivity contribution is -0.0293. The summed E-state index contributed by atoms with van der Waals surface area (Å²) in [4.78, 5) is 14.4. The molecule has 3 saturated heterocycles. The van der Waals surface area contributed by atoms with Crippen LogP contribution in [0.1, 0.15) is 32.1 Å². The molecule has 4 fully saturated rings. The number of piperidine rings is 1. The number of fused-ring (bicyclic) bond motifs is 2. The van der Waals surface area contributed by atoms with Gasteiger partial charge >= 0.3 is 0 Å². The molecule has 124 valence electrons. The van der Waals surface area contributed by atoms with Crippen LogP contribution < -0.4 is 4.90 Å². The fraction of sp³-hybridized carbons (Fsp3) is 0.579. The molecule has 1 saturated carbocycles. The maximum absolute atomic E-state index is 6.28. The number of pyridine rings is 2. The highest BCUT2D eigenvalue weighted by molar-refractivity contribution is 6.30. The number of hydrogen-bond donors (Lipinski definition) is 0. The van der Waals surface area contributed by atoms with Crippen molar-refractivity contribution in [3.05, 3.63) is 29.5 Å². The Morgan fingerprint density at radius 1 is 1.38 bits per heavy atom. The van der Waals surface area contributed by atoms with E-state index in [0.717, 1.165) is 34.7 Å². The van der Waals surface area contributed by atoms with Gasteiger partial charge in [-0.2, -0.15) is 0 Å². The first-order valence-corrected chi connectivity index (χ1v) is 9.48. The van der Waals surface area contributed by atoms with Crippen LogP contribution in [0.15, 0.2) is 24.4 Å². The monoisotopic (exact) mass is 340 g/mol. The predicted molar refractivity (Wildman–Crippen MR) is 95.5 cm³/mol. The lowest BCUT2D eigenvalue weighted by atomic mass is 9.83. The fourth-order valence-corrected chi connectivity index (χ4v) is 6.33. The smallest absolute Gasteiger partial charge is 0.139 e. The van der Waals surface area contributed by atoms with Gasteiger partial charge in [-0.15, -0.1) is 0 Å². The van der Waals surface area contributed by atoms with Crippen LogP contribution in [-0.2, 0) is 0 Å². The molecule has 0 N–H and O–H groups in total. The first-order valence-electron chi connectivity index (χ1n) is 9.10. The largest absolute Gasteiger partial charge is 0.356 e. The van der Waals surface area contributed by atoms with Crippen molar-refractivity contribution in [3.8, 4) is 0 Å². The Morgan fingerprint density at radius 2 is 2.29 bits per heavy atom. The van der Waals surface area contributed by atoms with Crippen LogP contribution in [0.2, 0.25) is 5.15 Å². The summed E-state index contributed by atoms with van der Waals surface area (Å²) in [6.45, 7) is 0. The highest BCUT2D eigenvalue weighted by atomic mass is 35.5. The second-order valence-corrected chi connectivity index (χ2v) is 8.54. The molecule has 2 unspecified atom stereocenters. The number of halogens is 1. The maximum atomic E-state index is 6.28. The molecule has 6 rings (SSSR count). The lowest BCUT2D eigenvalue weighted by Gasteiger charge is -2.54. The van der Waals surface area contributed by atoms with Crippen LogP contribution in [0.4, 0.5) is 5.82 Å². The predicted octanol–water partition coefficient (Wildman–Crippen LogP) is 3.49. The Hall–Kier alpha value is -1.39. The van der Waals surface area contributed by atoms with E-state index in [2.05, 4.69) is 32.9 Å². The second-order valence-electron chi connectivity index (χ2n) is 8.16. The van der Waals surface area contributed by atoms with Crippen LogP contribution in [0.5, 0.6) is 0 Å². The molecular weight excluding hydrogens is 320 g/mol. The van der Waals surface area contributed by atoms with Crippen molar-refractivity contribution in [2.24, 2.45) is 5.92 Å². The topological polar surface area (TPSA) is 32.3 Å². The zero-order chi connectivity index (χ0) is 16.1. The van der Waals surface area contributed by atoms with Crippen molar-refractivity contribution < 1.29 is 0 Å². The van der Waals surface area contributed by atoms with E-state index >= 15 is 0 Å². The van der Waals surface area contributed by atoms with Gasteiger partial charge in [0.25, 0.3) is 0 Å². The molecule has 0 aromatic carbocycles. The summed E-state index contributed by atoms with van der Waals surface area (Å²) in [6, 6.07) is 8.12. The molecule has 2 aromatic rings. The summed E-state index contributed by atoms with van der Waals surface area (Å²) in [6.07, 6.45) is 8.65. The summed E-state index contributed by atoms with van der Waals surface area (Å²) in [5.41, 5.74) is 1.60. The van der Waals surface area contributed by atoms with Gasteiger partial charge in [0, 0.05) is 48.4 Å². The van der Waals surface area contributed by atoms with Gasteiger partial charge in [0.1, 0.15) is 11.0 Å². The van der Waals surface area contributed by atoms with Crippen molar-refractivity contribution in [2.75, 3.05) is 11.9 Å². The standard InChI is InChI=1S/C19H21ClN4/c1-23(18-13-3-2-6-21-15(13)9-17(20)22-18)12-7-11-4-5-19-10-14(19)16(8-12)24(11)19/h2-3,6,9,11-12,14,16H,4-5,7-8,10H2,1H3/t11-,12-,14?,16-,19?/m1/s1. The van der Waals surface area contributed by atoms with Crippen molar-refractivity contribution >= 4 is 28.3 Å². The molecule has 0 amide bonds. The molecule has 0 radical (unpaired) electrons. The SMILES string of the molecule is CN(c1nc(Cl)cc2ncccc12)[C@@H]1C[C@H]2CCC34CC3[C@@H](C1)N24. The summed E-state index contributed by atoms with van der Waals surface area (Å²) in [5.74, 6) is 1.98. The third-order valence-corrected chi connectivity index (χ3v) is 7.42. The van der Waals surface area contributed by atoms with Gasteiger partial charge in [-0.25, -0.2) is 4.98 Å². The van der Waals surface area contributed by atoms with Gasteiger partial charge in [0.15, 0.2) is 0 Å². The maximum Gasteiger partial charge on any atom is 0.139 e. The van der Waals surface area contributed by atoms with Crippen molar-refractivity contribution in [3.63, 3.8) is 0 Å². The average molecular weight is 341 g/mol. The number of rotatable bonds is 2. The second kappa shape index (κ2) is 4.41. The molecule has 1 aliphatic carbocycles. The zero-order valence-corrected chi connectivity index (χ0v) is 14.6. The minimum atomic E-state index is 0.534. The first-order chi connectivity index (χ1) is 11.7. The molecule has 1 spiro atoms. The van der Waals surface area contributed by atoms with Crippen molar-refractivity contribution in [1.29, 1.82) is 0 Å². The van der Waals surface area contributed by atoms with Crippen LogP contribution in [0, 0.1) is 5.92 Å². The zero-order valence-electron chi connectivity index (χ0n) is 13.8. The van der Waals surface area contributed by atoms with Gasteiger partial charge < -0.3 is 4.90 Å². The minimum Gasteiger partial charge on any atom is -0.356 e. The molecule has 5 heterocycles. The Morgan fingerprint density at radius 3 is 3.21 bits per heavy atom. The summed E-state index contributed by atoms with van der Waals surface area (Å²) >= 11 is 6.28. The summed E-state index contributed by atoms with van der Waals surface area (Å²) in [5, 5.41) is 1.64. The van der Waals surface area contributed by atoms with Crippen molar-refractivity contribution in [2.45, 2.75) is 55.8 Å². The molecule has 3 aliphatic heterocycles. The molecule has 4 nitrogen and oxygen atoms in total. The van der Waals surface area contributed by atoms with E-state index in [0.29, 0.717) is 16.7 Å². The van der Waals surface area contributed by atoms with Crippen LogP contribution in [0.3, 0.4) is 0 Å². The van der Waals surface area contributed by atoms with Crippen molar-refractivity contribution in [1.82, 2.24) is 14.9 Å². The number of aromatic nitrogens is 2. The number of hydrogen-bond acceptors (Lipinski definition) is 4. The highest BCUT2D eigenvalue weighted by Crippen LogP contribution is 2.71.